The molecule has 0 atom stereocenters. The highest BCUT2D eigenvalue weighted by molar-refractivity contribution is 6.31. The van der Waals surface area contributed by atoms with E-state index in [1.807, 2.05) is 13.0 Å². The summed E-state index contributed by atoms with van der Waals surface area (Å²) in [5, 5.41) is 12.1. The Kier molecular flexibility index (Phi) is 5.14. The minimum Gasteiger partial charge on any atom is -0.501 e. The molecule has 0 aliphatic heterocycles. The first-order chi connectivity index (χ1) is 15.9. The number of hydrogen-bond acceptors (Lipinski definition) is 4. The fraction of sp³-hybridized carbons (Fsp3) is 0.250. The molecule has 166 valence electrons. The Hall–Kier alpha value is -3.70. The average molecular weight is 464 g/mol. The van der Waals surface area contributed by atoms with Gasteiger partial charge in [-0.15, -0.1) is 0 Å². The summed E-state index contributed by atoms with van der Waals surface area (Å²) in [7, 11) is 1.68. The Labute approximate surface area is 193 Å². The molecule has 1 aliphatic rings. The maximum Gasteiger partial charge on any atom is 0.272 e. The number of halogens is 2. The Bertz CT molecular complexity index is 1510. The van der Waals surface area contributed by atoms with E-state index in [1.165, 1.54) is 10.7 Å². The number of fused-ring (bicyclic) bond motifs is 1. The molecule has 5 rings (SSSR count). The van der Waals surface area contributed by atoms with Gasteiger partial charge >= 0.3 is 0 Å². The van der Waals surface area contributed by atoms with Gasteiger partial charge in [-0.25, -0.2) is 14.3 Å². The first-order valence-corrected chi connectivity index (χ1v) is 10.9. The van der Waals surface area contributed by atoms with E-state index in [4.69, 9.17) is 22.9 Å². The van der Waals surface area contributed by atoms with Gasteiger partial charge in [-0.1, -0.05) is 24.6 Å². The van der Waals surface area contributed by atoms with Crippen LogP contribution in [-0.2, 0) is 13.5 Å². The van der Waals surface area contributed by atoms with E-state index < -0.39 is 5.82 Å². The third-order valence-corrected chi connectivity index (χ3v) is 6.05. The largest absolute Gasteiger partial charge is 0.501 e. The molecule has 2 aromatic heterocycles. The van der Waals surface area contributed by atoms with Crippen LogP contribution < -0.4 is 10.3 Å². The number of aryl methyl sites for hydroxylation is 2. The van der Waals surface area contributed by atoms with Crippen LogP contribution in [0, 0.1) is 12.4 Å². The van der Waals surface area contributed by atoms with Gasteiger partial charge in [0.25, 0.3) is 5.56 Å². The second-order valence-corrected chi connectivity index (χ2v) is 8.37. The van der Waals surface area contributed by atoms with Gasteiger partial charge in [0, 0.05) is 23.6 Å². The second kappa shape index (κ2) is 8.01. The van der Waals surface area contributed by atoms with Crippen molar-refractivity contribution in [1.29, 1.82) is 0 Å². The Morgan fingerprint density at radius 2 is 2.12 bits per heavy atom. The van der Waals surface area contributed by atoms with Crippen LogP contribution in [0.5, 0.6) is 5.75 Å². The molecule has 4 aromatic rings. The molecule has 2 aromatic carbocycles. The minimum absolute atomic E-state index is 0.0180. The van der Waals surface area contributed by atoms with E-state index in [0.29, 0.717) is 34.0 Å². The standard InChI is InChI=1S/C24H19ClFN5O2/c1-4-18-15-9-12(5-8-14(15)24(32)30-29-18)16-11-28-31(3)23(16)20-21(26)17(25)10-19(22(20)27-2)33-13-6-7-13/h5,8-11,13H,4,6-7H2,1,3H3,(H,30,32). The molecule has 0 amide bonds. The summed E-state index contributed by atoms with van der Waals surface area (Å²) < 4.78 is 22.8. The molecule has 0 bridgehead atoms. The lowest BCUT2D eigenvalue weighted by atomic mass is 9.97. The molecule has 1 fully saturated rings. The van der Waals surface area contributed by atoms with Gasteiger partial charge in [-0.2, -0.15) is 10.2 Å². The van der Waals surface area contributed by atoms with Crippen molar-refractivity contribution in [3.05, 3.63) is 68.8 Å². The molecule has 9 heteroatoms. The summed E-state index contributed by atoms with van der Waals surface area (Å²) in [4.78, 5) is 15.8. The summed E-state index contributed by atoms with van der Waals surface area (Å²) >= 11 is 6.22. The van der Waals surface area contributed by atoms with Crippen molar-refractivity contribution in [2.75, 3.05) is 0 Å². The van der Waals surface area contributed by atoms with E-state index in [9.17, 15) is 4.79 Å². The topological polar surface area (TPSA) is 77.2 Å². The molecule has 1 aliphatic carbocycles. The van der Waals surface area contributed by atoms with Gasteiger partial charge in [-0.3, -0.25) is 9.48 Å². The second-order valence-electron chi connectivity index (χ2n) is 7.97. The summed E-state index contributed by atoms with van der Waals surface area (Å²) in [6.07, 6.45) is 4.04. The normalized spacial score (nSPS) is 13.3. The first-order valence-electron chi connectivity index (χ1n) is 10.5. The summed E-state index contributed by atoms with van der Waals surface area (Å²) in [5.74, 6) is -0.438. The van der Waals surface area contributed by atoms with E-state index >= 15 is 4.39 Å². The van der Waals surface area contributed by atoms with Crippen molar-refractivity contribution in [1.82, 2.24) is 20.0 Å². The number of nitrogens with one attached hydrogen (secondary N) is 1. The molecule has 33 heavy (non-hydrogen) atoms. The molecule has 2 heterocycles. The molecular formula is C24H19ClFN5O2. The van der Waals surface area contributed by atoms with Crippen molar-refractivity contribution in [2.24, 2.45) is 7.05 Å². The van der Waals surface area contributed by atoms with E-state index in [1.54, 1.807) is 25.4 Å². The maximum atomic E-state index is 15.4. The zero-order chi connectivity index (χ0) is 23.3. The zero-order valence-corrected chi connectivity index (χ0v) is 18.7. The number of benzene rings is 2. The number of H-pyrrole nitrogens is 1. The van der Waals surface area contributed by atoms with Gasteiger partial charge < -0.3 is 4.74 Å². The van der Waals surface area contributed by atoms with Crippen LogP contribution in [0.1, 0.15) is 25.5 Å². The van der Waals surface area contributed by atoms with Crippen LogP contribution in [0.25, 0.3) is 38.0 Å². The number of ether oxygens (including phenoxy) is 1. The lowest BCUT2D eigenvalue weighted by molar-refractivity contribution is 0.305. The average Bonchev–Trinajstić information content (AvgIpc) is 3.55. The number of aromatic nitrogens is 4. The lowest BCUT2D eigenvalue weighted by Crippen LogP contribution is -2.10. The van der Waals surface area contributed by atoms with Crippen LogP contribution in [0.2, 0.25) is 5.02 Å². The number of nitrogens with zero attached hydrogens (tertiary/aromatic N) is 4. The molecular weight excluding hydrogens is 445 g/mol. The zero-order valence-electron chi connectivity index (χ0n) is 17.9. The fourth-order valence-electron chi connectivity index (χ4n) is 3.98. The van der Waals surface area contributed by atoms with Crippen molar-refractivity contribution >= 4 is 28.1 Å². The summed E-state index contributed by atoms with van der Waals surface area (Å²) in [6, 6.07) is 6.70. The van der Waals surface area contributed by atoms with Crippen LogP contribution in [0.3, 0.4) is 0 Å². The molecule has 0 radical (unpaired) electrons. The van der Waals surface area contributed by atoms with Crippen LogP contribution in [0.4, 0.5) is 10.1 Å². The SMILES string of the molecule is [C-]#[N+]c1c(OC2CC2)cc(Cl)c(F)c1-c1c(-c2ccc3c(=O)[nH]nc(CC)c3c2)cnn1C. The molecule has 0 spiro atoms. The minimum atomic E-state index is -0.705. The molecule has 7 nitrogen and oxygen atoms in total. The molecule has 0 saturated heterocycles. The number of aromatic amines is 1. The van der Waals surface area contributed by atoms with Crippen molar-refractivity contribution < 1.29 is 9.13 Å². The fourth-order valence-corrected chi connectivity index (χ4v) is 4.17. The number of hydrogen-bond donors (Lipinski definition) is 1. The van der Waals surface area contributed by atoms with Crippen LogP contribution in [-0.4, -0.2) is 26.1 Å². The van der Waals surface area contributed by atoms with Gasteiger partial charge in [0.2, 0.25) is 5.69 Å². The van der Waals surface area contributed by atoms with E-state index in [2.05, 4.69) is 20.1 Å². The van der Waals surface area contributed by atoms with Crippen LogP contribution >= 0.6 is 11.6 Å². The quantitative estimate of drug-likeness (QED) is 0.400. The Balaban J connectivity index is 1.76. The third kappa shape index (κ3) is 3.55. The summed E-state index contributed by atoms with van der Waals surface area (Å²) in [5.41, 5.74) is 2.28. The van der Waals surface area contributed by atoms with Gasteiger partial charge in [0.05, 0.1) is 40.7 Å². The first kappa shape index (κ1) is 21.2. The van der Waals surface area contributed by atoms with Crippen molar-refractivity contribution in [3.63, 3.8) is 0 Å². The Morgan fingerprint density at radius 3 is 2.82 bits per heavy atom. The Morgan fingerprint density at radius 1 is 1.33 bits per heavy atom. The summed E-state index contributed by atoms with van der Waals surface area (Å²) in [6.45, 7) is 9.70. The van der Waals surface area contributed by atoms with Crippen LogP contribution in [0.15, 0.2) is 35.3 Å². The molecule has 1 saturated carbocycles. The van der Waals surface area contributed by atoms with E-state index in [-0.39, 0.29) is 33.7 Å². The molecule has 0 unspecified atom stereocenters. The van der Waals surface area contributed by atoms with Crippen molar-refractivity contribution in [3.8, 4) is 28.1 Å². The predicted molar refractivity (Wildman–Crippen MR) is 124 cm³/mol. The highest BCUT2D eigenvalue weighted by Gasteiger charge is 2.29. The van der Waals surface area contributed by atoms with Gasteiger partial charge in [-0.05, 0) is 43.0 Å². The third-order valence-electron chi connectivity index (χ3n) is 5.78. The van der Waals surface area contributed by atoms with Gasteiger partial charge in [0.1, 0.15) is 11.6 Å². The highest BCUT2D eigenvalue weighted by Crippen LogP contribution is 2.47. The smallest absolute Gasteiger partial charge is 0.272 e. The lowest BCUT2D eigenvalue weighted by Gasteiger charge is -2.15. The maximum absolute atomic E-state index is 15.4. The monoisotopic (exact) mass is 463 g/mol. The van der Waals surface area contributed by atoms with E-state index in [0.717, 1.165) is 18.5 Å². The van der Waals surface area contributed by atoms with Gasteiger partial charge in [0.15, 0.2) is 0 Å². The number of rotatable bonds is 5. The highest BCUT2D eigenvalue weighted by atomic mass is 35.5. The van der Waals surface area contributed by atoms with Crippen molar-refractivity contribution in [2.45, 2.75) is 32.3 Å². The molecule has 1 N–H and O–H groups in total. The predicted octanol–water partition coefficient (Wildman–Crippen LogP) is 5.44.